The second-order valence-corrected chi connectivity index (χ2v) is 7.48. The number of nitrogens with two attached hydrogens (primary N) is 1. The van der Waals surface area contributed by atoms with Gasteiger partial charge < -0.3 is 19.4 Å². The van der Waals surface area contributed by atoms with Crippen molar-refractivity contribution >= 4 is 16.9 Å². The molecule has 2 heterocycles. The first-order valence-electron chi connectivity index (χ1n) is 9.27. The molecule has 4 rings (SSSR count). The molecule has 1 aromatic carbocycles. The lowest BCUT2D eigenvalue weighted by atomic mass is 9.77. The maximum atomic E-state index is 11.8. The first-order chi connectivity index (χ1) is 13.4. The number of carbonyl (C=O) groups is 1. The first kappa shape index (κ1) is 18.4. The average molecular weight is 381 g/mol. The normalized spacial score (nSPS) is 22.3. The molecule has 7 nitrogen and oxygen atoms in total. The Morgan fingerprint density at radius 3 is 2.71 bits per heavy atom. The van der Waals surface area contributed by atoms with E-state index in [2.05, 4.69) is 16.2 Å². The highest BCUT2D eigenvalue weighted by Crippen LogP contribution is 2.37. The number of hydrogen-bond acceptors (Lipinski definition) is 7. The Morgan fingerprint density at radius 1 is 1.29 bits per heavy atom. The molecule has 0 radical (unpaired) electrons. The van der Waals surface area contributed by atoms with Crippen molar-refractivity contribution in [2.24, 2.45) is 11.7 Å². The molecule has 0 saturated heterocycles. The summed E-state index contributed by atoms with van der Waals surface area (Å²) in [6.45, 7) is 6.06. The third-order valence-electron chi connectivity index (χ3n) is 5.46. The van der Waals surface area contributed by atoms with Crippen LogP contribution in [-0.4, -0.2) is 29.3 Å². The Morgan fingerprint density at radius 2 is 2.04 bits per heavy atom. The maximum Gasteiger partial charge on any atom is 0.333 e. The van der Waals surface area contributed by atoms with E-state index in [9.17, 15) is 4.79 Å². The number of methoxy groups -OCH3 is 1. The van der Waals surface area contributed by atoms with E-state index in [1.807, 2.05) is 32.9 Å². The standard InChI is InChI=1S/C21H23N3O4/c1-10-5-6-11(2)18-14(10)9-16(27-18)20-23-19(24-28-20)17-12(3)7-13(8-15(17)22)21(25)26-4/h5-6,8-9,12,15,17H,7,22H2,1-4H3. The van der Waals surface area contributed by atoms with Gasteiger partial charge in [-0.15, -0.1) is 0 Å². The van der Waals surface area contributed by atoms with Crippen LogP contribution in [-0.2, 0) is 9.53 Å². The van der Waals surface area contributed by atoms with E-state index < -0.39 is 6.04 Å². The van der Waals surface area contributed by atoms with Gasteiger partial charge in [-0.2, -0.15) is 4.98 Å². The number of ether oxygens (including phenoxy) is 1. The minimum Gasteiger partial charge on any atom is -0.466 e. The average Bonchev–Trinajstić information content (AvgIpc) is 3.31. The summed E-state index contributed by atoms with van der Waals surface area (Å²) in [6.07, 6.45) is 2.29. The topological polar surface area (TPSA) is 104 Å². The quantitative estimate of drug-likeness (QED) is 0.690. The van der Waals surface area contributed by atoms with Crippen LogP contribution in [0.5, 0.6) is 0 Å². The molecule has 146 valence electrons. The van der Waals surface area contributed by atoms with Crippen molar-refractivity contribution < 1.29 is 18.5 Å². The van der Waals surface area contributed by atoms with Gasteiger partial charge in [0.1, 0.15) is 5.58 Å². The Kier molecular flexibility index (Phi) is 4.55. The summed E-state index contributed by atoms with van der Waals surface area (Å²) in [5, 5.41) is 5.18. The smallest absolute Gasteiger partial charge is 0.333 e. The molecule has 28 heavy (non-hydrogen) atoms. The van der Waals surface area contributed by atoms with Crippen LogP contribution in [0.1, 0.15) is 36.2 Å². The number of nitrogens with zero attached hydrogens (tertiary/aromatic N) is 2. The van der Waals surface area contributed by atoms with Crippen LogP contribution in [0.3, 0.4) is 0 Å². The van der Waals surface area contributed by atoms with Gasteiger partial charge in [0, 0.05) is 22.9 Å². The monoisotopic (exact) mass is 381 g/mol. The fourth-order valence-corrected chi connectivity index (χ4v) is 3.93. The molecule has 2 N–H and O–H groups in total. The van der Waals surface area contributed by atoms with Crippen molar-refractivity contribution in [3.05, 3.63) is 46.8 Å². The van der Waals surface area contributed by atoms with E-state index in [1.54, 1.807) is 6.08 Å². The summed E-state index contributed by atoms with van der Waals surface area (Å²) in [6, 6.07) is 5.61. The Hall–Kier alpha value is -2.93. The van der Waals surface area contributed by atoms with E-state index in [0.29, 0.717) is 29.5 Å². The van der Waals surface area contributed by atoms with Gasteiger partial charge in [0.25, 0.3) is 5.89 Å². The summed E-state index contributed by atoms with van der Waals surface area (Å²) in [5.41, 5.74) is 9.89. The van der Waals surface area contributed by atoms with Gasteiger partial charge in [-0.3, -0.25) is 0 Å². The van der Waals surface area contributed by atoms with Gasteiger partial charge >= 0.3 is 5.97 Å². The molecule has 0 spiro atoms. The van der Waals surface area contributed by atoms with Crippen LogP contribution in [0, 0.1) is 19.8 Å². The van der Waals surface area contributed by atoms with Crippen molar-refractivity contribution in [1.82, 2.24) is 10.1 Å². The van der Waals surface area contributed by atoms with Gasteiger partial charge in [0.05, 0.1) is 7.11 Å². The third kappa shape index (κ3) is 3.01. The van der Waals surface area contributed by atoms with Crippen LogP contribution >= 0.6 is 0 Å². The van der Waals surface area contributed by atoms with Crippen LogP contribution in [0.4, 0.5) is 0 Å². The van der Waals surface area contributed by atoms with Crippen LogP contribution in [0.25, 0.3) is 22.6 Å². The van der Waals surface area contributed by atoms with Gasteiger partial charge in [0.2, 0.25) is 0 Å². The number of aromatic nitrogens is 2. The van der Waals surface area contributed by atoms with Crippen LogP contribution in [0.2, 0.25) is 0 Å². The zero-order chi connectivity index (χ0) is 20.0. The fraction of sp³-hybridized carbons (Fsp3) is 0.381. The summed E-state index contributed by atoms with van der Waals surface area (Å²) in [7, 11) is 1.37. The first-order valence-corrected chi connectivity index (χ1v) is 9.27. The number of esters is 1. The van der Waals surface area contributed by atoms with Crippen molar-refractivity contribution in [3.63, 3.8) is 0 Å². The van der Waals surface area contributed by atoms with Gasteiger partial charge in [-0.25, -0.2) is 4.79 Å². The molecule has 0 amide bonds. The predicted molar refractivity (Wildman–Crippen MR) is 104 cm³/mol. The SMILES string of the molecule is COC(=O)C1=CC(N)C(c2noc(-c3cc4c(C)ccc(C)c4o3)n2)C(C)C1. The molecule has 0 aliphatic heterocycles. The lowest BCUT2D eigenvalue weighted by Gasteiger charge is -2.30. The largest absolute Gasteiger partial charge is 0.466 e. The summed E-state index contributed by atoms with van der Waals surface area (Å²) >= 11 is 0. The Labute approximate surface area is 162 Å². The van der Waals surface area contributed by atoms with E-state index in [4.69, 9.17) is 19.4 Å². The predicted octanol–water partition coefficient (Wildman–Crippen LogP) is 3.65. The number of aryl methyl sites for hydroxylation is 2. The van der Waals surface area contributed by atoms with Gasteiger partial charge in [-0.1, -0.05) is 30.3 Å². The molecule has 1 aliphatic carbocycles. The van der Waals surface area contributed by atoms with Crippen molar-refractivity contribution in [2.75, 3.05) is 7.11 Å². The van der Waals surface area contributed by atoms with E-state index in [1.165, 1.54) is 7.11 Å². The van der Waals surface area contributed by atoms with Gasteiger partial charge in [-0.05, 0) is 43.4 Å². The molecular formula is C21H23N3O4. The second-order valence-electron chi connectivity index (χ2n) is 7.48. The van der Waals surface area contributed by atoms with Gasteiger partial charge in [0.15, 0.2) is 11.6 Å². The molecule has 0 bridgehead atoms. The fourth-order valence-electron chi connectivity index (χ4n) is 3.93. The summed E-state index contributed by atoms with van der Waals surface area (Å²) < 4.78 is 16.3. The zero-order valence-corrected chi connectivity index (χ0v) is 16.4. The molecule has 0 saturated carbocycles. The molecule has 3 atom stereocenters. The highest BCUT2D eigenvalue weighted by Gasteiger charge is 2.35. The minimum atomic E-state index is -0.400. The van der Waals surface area contributed by atoms with Crippen molar-refractivity contribution in [3.8, 4) is 11.7 Å². The molecule has 1 aliphatic rings. The molecule has 2 aromatic heterocycles. The van der Waals surface area contributed by atoms with E-state index in [0.717, 1.165) is 22.1 Å². The Balaban J connectivity index is 1.67. The van der Waals surface area contributed by atoms with E-state index in [-0.39, 0.29) is 17.8 Å². The number of hydrogen-bond donors (Lipinski definition) is 1. The third-order valence-corrected chi connectivity index (χ3v) is 5.46. The molecule has 7 heteroatoms. The second kappa shape index (κ2) is 6.91. The Bertz CT molecular complexity index is 1040. The lowest BCUT2D eigenvalue weighted by Crippen LogP contribution is -2.36. The lowest BCUT2D eigenvalue weighted by molar-refractivity contribution is -0.136. The number of fused-ring (bicyclic) bond motifs is 1. The number of benzene rings is 1. The van der Waals surface area contributed by atoms with Crippen molar-refractivity contribution in [2.45, 2.75) is 39.2 Å². The van der Waals surface area contributed by atoms with Crippen LogP contribution < -0.4 is 5.73 Å². The molecule has 3 aromatic rings. The number of rotatable bonds is 3. The van der Waals surface area contributed by atoms with Crippen LogP contribution in [0.15, 0.2) is 38.8 Å². The van der Waals surface area contributed by atoms with E-state index >= 15 is 0 Å². The zero-order valence-electron chi connectivity index (χ0n) is 16.4. The molecule has 0 fully saturated rings. The number of carbonyl (C=O) groups excluding carboxylic acids is 1. The molecular weight excluding hydrogens is 358 g/mol. The van der Waals surface area contributed by atoms with Crippen molar-refractivity contribution in [1.29, 1.82) is 0 Å². The maximum absolute atomic E-state index is 11.8. The molecule has 3 unspecified atom stereocenters. The summed E-state index contributed by atoms with van der Waals surface area (Å²) in [4.78, 5) is 16.4. The highest BCUT2D eigenvalue weighted by molar-refractivity contribution is 5.89. The highest BCUT2D eigenvalue weighted by atomic mass is 16.5. The minimum absolute atomic E-state index is 0.0692. The summed E-state index contributed by atoms with van der Waals surface area (Å²) in [5.74, 6) is 0.950. The number of furan rings is 1.